The van der Waals surface area contributed by atoms with Crippen molar-refractivity contribution in [3.8, 4) is 0 Å². The van der Waals surface area contributed by atoms with Crippen molar-refractivity contribution in [1.82, 2.24) is 29.8 Å². The van der Waals surface area contributed by atoms with E-state index < -0.39 is 0 Å². The third kappa shape index (κ3) is 3.40. The molecule has 29 heavy (non-hydrogen) atoms. The van der Waals surface area contributed by atoms with Gasteiger partial charge in [-0.2, -0.15) is 9.97 Å². The number of hydrogen-bond donors (Lipinski definition) is 2. The molecule has 4 aromatic rings. The molecule has 0 unspecified atom stereocenters. The van der Waals surface area contributed by atoms with Crippen LogP contribution in [0.25, 0.3) is 21.4 Å². The summed E-state index contributed by atoms with van der Waals surface area (Å²) < 4.78 is 3.04. The Balaban J connectivity index is 1.26. The molecule has 0 spiro atoms. The molecule has 0 atom stereocenters. The minimum absolute atomic E-state index is 0.102. The molecule has 10 heteroatoms. The van der Waals surface area contributed by atoms with Crippen molar-refractivity contribution in [3.63, 3.8) is 0 Å². The van der Waals surface area contributed by atoms with E-state index in [1.54, 1.807) is 6.33 Å². The number of benzene rings is 1. The smallest absolute Gasteiger partial charge is 0.280 e. The molecule has 148 valence electrons. The first kappa shape index (κ1) is 18.3. The van der Waals surface area contributed by atoms with Crippen LogP contribution in [0.15, 0.2) is 30.6 Å². The molecule has 1 aliphatic rings. The van der Waals surface area contributed by atoms with E-state index in [9.17, 15) is 4.79 Å². The number of para-hydroxylation sites is 1. The molecule has 1 aromatic carbocycles. The lowest BCUT2D eigenvalue weighted by molar-refractivity contribution is 0.0922. The summed E-state index contributed by atoms with van der Waals surface area (Å²) in [7, 11) is 0. The molecule has 5 rings (SSSR count). The fourth-order valence-corrected chi connectivity index (χ4v) is 4.93. The van der Waals surface area contributed by atoms with Crippen molar-refractivity contribution in [2.45, 2.75) is 37.8 Å². The molecule has 0 saturated heterocycles. The number of anilines is 1. The van der Waals surface area contributed by atoms with Gasteiger partial charge in [0.2, 0.25) is 5.28 Å². The highest BCUT2D eigenvalue weighted by Gasteiger charge is 2.26. The minimum atomic E-state index is -0.102. The molecule has 1 amide bonds. The molecule has 1 fully saturated rings. The molecule has 0 radical (unpaired) electrons. The summed E-state index contributed by atoms with van der Waals surface area (Å²) in [5.74, 6) is 0.186. The van der Waals surface area contributed by atoms with Crippen LogP contribution in [0.3, 0.4) is 0 Å². The predicted molar refractivity (Wildman–Crippen MR) is 113 cm³/mol. The second-order valence-electron chi connectivity index (χ2n) is 7.17. The van der Waals surface area contributed by atoms with E-state index in [0.717, 1.165) is 35.9 Å². The van der Waals surface area contributed by atoms with Crippen LogP contribution < -0.4 is 11.1 Å². The first-order valence-corrected chi connectivity index (χ1v) is 10.6. The zero-order valence-corrected chi connectivity index (χ0v) is 17.0. The van der Waals surface area contributed by atoms with Gasteiger partial charge in [0.25, 0.3) is 5.91 Å². The molecular formula is C19H18ClN7OS. The van der Waals surface area contributed by atoms with Gasteiger partial charge >= 0.3 is 0 Å². The SMILES string of the molecule is Nc1nc(Cl)nc2c1ncn2C1CCC(NC(=O)c2nc3ccccc3s2)CC1. The van der Waals surface area contributed by atoms with Gasteiger partial charge in [-0.1, -0.05) is 12.1 Å². The maximum Gasteiger partial charge on any atom is 0.280 e. The van der Waals surface area contributed by atoms with Crippen LogP contribution in [-0.4, -0.2) is 36.5 Å². The van der Waals surface area contributed by atoms with Crippen LogP contribution in [0.2, 0.25) is 5.28 Å². The van der Waals surface area contributed by atoms with Crippen molar-refractivity contribution in [2.24, 2.45) is 0 Å². The summed E-state index contributed by atoms with van der Waals surface area (Å²) >= 11 is 7.39. The van der Waals surface area contributed by atoms with E-state index in [2.05, 4.69) is 25.3 Å². The Morgan fingerprint density at radius 1 is 1.17 bits per heavy atom. The molecule has 3 N–H and O–H groups in total. The van der Waals surface area contributed by atoms with E-state index >= 15 is 0 Å². The van der Waals surface area contributed by atoms with Gasteiger partial charge in [0.15, 0.2) is 16.5 Å². The highest BCUT2D eigenvalue weighted by Crippen LogP contribution is 2.32. The third-order valence-electron chi connectivity index (χ3n) is 5.33. The zero-order valence-electron chi connectivity index (χ0n) is 15.4. The summed E-state index contributed by atoms with van der Waals surface area (Å²) in [4.78, 5) is 29.6. The van der Waals surface area contributed by atoms with Crippen LogP contribution >= 0.6 is 22.9 Å². The van der Waals surface area contributed by atoms with Crippen LogP contribution in [-0.2, 0) is 0 Å². The monoisotopic (exact) mass is 427 g/mol. The summed E-state index contributed by atoms with van der Waals surface area (Å²) in [6, 6.07) is 8.15. The Morgan fingerprint density at radius 3 is 2.76 bits per heavy atom. The number of amides is 1. The molecule has 1 aliphatic carbocycles. The molecule has 1 saturated carbocycles. The number of aromatic nitrogens is 5. The van der Waals surface area contributed by atoms with Crippen molar-refractivity contribution in [1.29, 1.82) is 0 Å². The topological polar surface area (TPSA) is 112 Å². The highest BCUT2D eigenvalue weighted by atomic mass is 35.5. The van der Waals surface area contributed by atoms with E-state index in [0.29, 0.717) is 16.2 Å². The van der Waals surface area contributed by atoms with Gasteiger partial charge in [-0.15, -0.1) is 11.3 Å². The number of halogens is 1. The number of hydrogen-bond acceptors (Lipinski definition) is 7. The lowest BCUT2D eigenvalue weighted by atomic mass is 9.91. The lowest BCUT2D eigenvalue weighted by Crippen LogP contribution is -2.37. The number of nitrogens with two attached hydrogens (primary N) is 1. The van der Waals surface area contributed by atoms with Crippen molar-refractivity contribution >= 4 is 56.0 Å². The zero-order chi connectivity index (χ0) is 20.0. The lowest BCUT2D eigenvalue weighted by Gasteiger charge is -2.29. The first-order chi connectivity index (χ1) is 14.1. The number of carbonyl (C=O) groups is 1. The second kappa shape index (κ2) is 7.23. The van der Waals surface area contributed by atoms with E-state index in [4.69, 9.17) is 17.3 Å². The number of imidazole rings is 1. The predicted octanol–water partition coefficient (Wildman–Crippen LogP) is 3.59. The number of nitrogen functional groups attached to an aromatic ring is 1. The Kier molecular flexibility index (Phi) is 4.56. The molecule has 0 aliphatic heterocycles. The van der Waals surface area contributed by atoms with Gasteiger partial charge in [0.05, 0.1) is 16.5 Å². The fraction of sp³-hybridized carbons (Fsp3) is 0.316. The van der Waals surface area contributed by atoms with Crippen molar-refractivity contribution < 1.29 is 4.79 Å². The number of nitrogens with one attached hydrogen (secondary N) is 1. The van der Waals surface area contributed by atoms with Gasteiger partial charge in [0, 0.05) is 12.1 Å². The summed E-state index contributed by atoms with van der Waals surface area (Å²) in [5, 5.41) is 3.76. The van der Waals surface area contributed by atoms with Crippen LogP contribution in [0.4, 0.5) is 5.82 Å². The average Bonchev–Trinajstić information content (AvgIpc) is 3.33. The van der Waals surface area contributed by atoms with Gasteiger partial charge in [-0.3, -0.25) is 4.79 Å². The highest BCUT2D eigenvalue weighted by molar-refractivity contribution is 7.20. The van der Waals surface area contributed by atoms with Gasteiger partial charge in [-0.25, -0.2) is 9.97 Å². The average molecular weight is 428 g/mol. The van der Waals surface area contributed by atoms with E-state index in [-0.39, 0.29) is 29.1 Å². The van der Waals surface area contributed by atoms with E-state index in [1.807, 2.05) is 28.8 Å². The maximum absolute atomic E-state index is 12.6. The largest absolute Gasteiger partial charge is 0.382 e. The summed E-state index contributed by atoms with van der Waals surface area (Å²) in [6.07, 6.45) is 5.29. The second-order valence-corrected chi connectivity index (χ2v) is 8.54. The first-order valence-electron chi connectivity index (χ1n) is 9.40. The Morgan fingerprint density at radius 2 is 1.97 bits per heavy atom. The third-order valence-corrected chi connectivity index (χ3v) is 6.54. The fourth-order valence-electron chi connectivity index (χ4n) is 3.89. The van der Waals surface area contributed by atoms with Crippen molar-refractivity contribution in [2.75, 3.05) is 5.73 Å². The standard InChI is InChI=1S/C19H18ClN7OS/c20-19-25-15(21)14-16(26-19)27(9-22-14)11-7-5-10(6-8-11)23-17(28)18-24-12-3-1-2-4-13(12)29-18/h1-4,9-11H,5-8H2,(H,23,28)(H2,21,25,26). The van der Waals surface area contributed by atoms with E-state index in [1.165, 1.54) is 11.3 Å². The number of nitrogens with zero attached hydrogens (tertiary/aromatic N) is 5. The maximum atomic E-state index is 12.6. The molecule has 8 nitrogen and oxygen atoms in total. The Hall–Kier alpha value is -2.78. The van der Waals surface area contributed by atoms with Crippen molar-refractivity contribution in [3.05, 3.63) is 40.9 Å². The van der Waals surface area contributed by atoms with Gasteiger partial charge in [0.1, 0.15) is 5.52 Å². The Bertz CT molecular complexity index is 1180. The summed E-state index contributed by atoms with van der Waals surface area (Å²) in [6.45, 7) is 0. The number of fused-ring (bicyclic) bond motifs is 2. The normalized spacial score (nSPS) is 19.6. The number of rotatable bonds is 3. The van der Waals surface area contributed by atoms with Crippen LogP contribution in [0, 0.1) is 0 Å². The minimum Gasteiger partial charge on any atom is -0.382 e. The van der Waals surface area contributed by atoms with Gasteiger partial charge in [-0.05, 0) is 49.4 Å². The molecule has 3 heterocycles. The summed E-state index contributed by atoms with van der Waals surface area (Å²) in [5.41, 5.74) is 7.98. The molecule has 0 bridgehead atoms. The van der Waals surface area contributed by atoms with Gasteiger partial charge < -0.3 is 15.6 Å². The Labute approximate surface area is 175 Å². The van der Waals surface area contributed by atoms with Crippen LogP contribution in [0.5, 0.6) is 0 Å². The quantitative estimate of drug-likeness (QED) is 0.483. The molecule has 3 aromatic heterocycles. The molecular weight excluding hydrogens is 410 g/mol. The number of thiazole rings is 1. The van der Waals surface area contributed by atoms with Crippen LogP contribution in [0.1, 0.15) is 41.5 Å². The number of carbonyl (C=O) groups excluding carboxylic acids is 1.